The van der Waals surface area contributed by atoms with Crippen LogP contribution in [-0.4, -0.2) is 50.3 Å². The predicted octanol–water partition coefficient (Wildman–Crippen LogP) is 1.30. The second kappa shape index (κ2) is 8.68. The Hall–Kier alpha value is -0.610. The van der Waals surface area contributed by atoms with E-state index in [1.807, 2.05) is 11.8 Å². The summed E-state index contributed by atoms with van der Waals surface area (Å²) in [5, 5.41) is 0. The van der Waals surface area contributed by atoms with Gasteiger partial charge in [-0.3, -0.25) is 4.79 Å². The Kier molecular flexibility index (Phi) is 8.33. The molecule has 90 valence electrons. The van der Waals surface area contributed by atoms with E-state index in [-0.39, 0.29) is 18.6 Å². The summed E-state index contributed by atoms with van der Waals surface area (Å²) in [6.45, 7) is 8.01. The molecule has 0 fully saturated rings. The minimum atomic E-state index is 0.0583. The van der Waals surface area contributed by atoms with Gasteiger partial charge in [0.05, 0.1) is 13.2 Å². The van der Waals surface area contributed by atoms with Crippen molar-refractivity contribution in [1.29, 1.82) is 0 Å². The van der Waals surface area contributed by atoms with Gasteiger partial charge in [-0.2, -0.15) is 0 Å². The summed E-state index contributed by atoms with van der Waals surface area (Å²) in [4.78, 5) is 13.5. The van der Waals surface area contributed by atoms with E-state index in [1.165, 1.54) is 0 Å². The lowest BCUT2D eigenvalue weighted by Crippen LogP contribution is -2.40. The number of carbonyl (C=O) groups excluding carboxylic acids is 1. The number of carbonyl (C=O) groups is 1. The number of methoxy groups -OCH3 is 1. The van der Waals surface area contributed by atoms with Crippen LogP contribution in [0.5, 0.6) is 0 Å². The second-order valence-corrected chi connectivity index (χ2v) is 3.48. The molecule has 0 aromatic heterocycles. The summed E-state index contributed by atoms with van der Waals surface area (Å²) in [6.07, 6.45) is 0.970. The molecule has 0 saturated carbocycles. The molecule has 0 N–H and O–H groups in total. The van der Waals surface area contributed by atoms with Crippen LogP contribution in [0.1, 0.15) is 27.2 Å². The fraction of sp³-hybridized carbons (Fsp3) is 0.909. The average molecular weight is 217 g/mol. The van der Waals surface area contributed by atoms with Gasteiger partial charge >= 0.3 is 0 Å². The fourth-order valence-electron chi connectivity index (χ4n) is 1.34. The Morgan fingerprint density at radius 2 is 2.00 bits per heavy atom. The van der Waals surface area contributed by atoms with Crippen molar-refractivity contribution < 1.29 is 14.3 Å². The standard InChI is InChI=1S/C11H23NO3/c1-5-10(3)12(6-2)11(13)9-15-8-7-14-4/h10H,5-9H2,1-4H3. The SMILES string of the molecule is CCC(C)N(CC)C(=O)COCCOC. The zero-order valence-corrected chi connectivity index (χ0v) is 10.3. The van der Waals surface area contributed by atoms with E-state index in [4.69, 9.17) is 9.47 Å². The van der Waals surface area contributed by atoms with E-state index >= 15 is 0 Å². The molecule has 0 rings (SSSR count). The van der Waals surface area contributed by atoms with Crippen LogP contribution in [0.15, 0.2) is 0 Å². The quantitative estimate of drug-likeness (QED) is 0.575. The van der Waals surface area contributed by atoms with Crippen LogP contribution in [0.3, 0.4) is 0 Å². The largest absolute Gasteiger partial charge is 0.382 e. The highest BCUT2D eigenvalue weighted by atomic mass is 16.5. The predicted molar refractivity (Wildman–Crippen MR) is 59.8 cm³/mol. The summed E-state index contributed by atoms with van der Waals surface area (Å²) in [5.74, 6) is 0.0583. The fourth-order valence-corrected chi connectivity index (χ4v) is 1.34. The van der Waals surface area contributed by atoms with Crippen molar-refractivity contribution in [3.63, 3.8) is 0 Å². The van der Waals surface area contributed by atoms with Crippen LogP contribution in [0.25, 0.3) is 0 Å². The molecule has 0 aromatic rings. The number of amides is 1. The number of nitrogens with zero attached hydrogens (tertiary/aromatic N) is 1. The second-order valence-electron chi connectivity index (χ2n) is 3.48. The van der Waals surface area contributed by atoms with E-state index < -0.39 is 0 Å². The van der Waals surface area contributed by atoms with Crippen molar-refractivity contribution in [2.75, 3.05) is 33.5 Å². The van der Waals surface area contributed by atoms with Gasteiger partial charge in [-0.25, -0.2) is 0 Å². The van der Waals surface area contributed by atoms with Crippen molar-refractivity contribution in [3.8, 4) is 0 Å². The lowest BCUT2D eigenvalue weighted by atomic mass is 10.2. The highest BCUT2D eigenvalue weighted by Crippen LogP contribution is 2.03. The Bertz CT molecular complexity index is 173. The molecule has 0 heterocycles. The van der Waals surface area contributed by atoms with Crippen LogP contribution >= 0.6 is 0 Å². The van der Waals surface area contributed by atoms with E-state index in [0.29, 0.717) is 13.2 Å². The zero-order valence-electron chi connectivity index (χ0n) is 10.3. The Labute approximate surface area is 92.5 Å². The molecule has 1 amide bonds. The molecule has 0 aliphatic rings. The van der Waals surface area contributed by atoms with Crippen LogP contribution in [0, 0.1) is 0 Å². The molecule has 15 heavy (non-hydrogen) atoms. The molecule has 4 heteroatoms. The van der Waals surface area contributed by atoms with Crippen molar-refractivity contribution in [2.45, 2.75) is 33.2 Å². The molecule has 1 unspecified atom stereocenters. The highest BCUT2D eigenvalue weighted by Gasteiger charge is 2.16. The topological polar surface area (TPSA) is 38.8 Å². The van der Waals surface area contributed by atoms with Crippen molar-refractivity contribution in [3.05, 3.63) is 0 Å². The molecule has 0 aromatic carbocycles. The van der Waals surface area contributed by atoms with Gasteiger partial charge in [0.15, 0.2) is 0 Å². The number of hydrogen-bond acceptors (Lipinski definition) is 3. The van der Waals surface area contributed by atoms with Gasteiger partial charge < -0.3 is 14.4 Å². The summed E-state index contributed by atoms with van der Waals surface area (Å²) >= 11 is 0. The molecule has 0 saturated heterocycles. The van der Waals surface area contributed by atoms with E-state index in [1.54, 1.807) is 7.11 Å². The summed E-state index contributed by atoms with van der Waals surface area (Å²) < 4.78 is 10.0. The third kappa shape index (κ3) is 5.74. The minimum absolute atomic E-state index is 0.0583. The first-order valence-corrected chi connectivity index (χ1v) is 5.53. The molecule has 0 aliphatic heterocycles. The molecule has 0 radical (unpaired) electrons. The number of rotatable bonds is 8. The van der Waals surface area contributed by atoms with Gasteiger partial charge in [0.2, 0.25) is 5.91 Å². The van der Waals surface area contributed by atoms with Gasteiger partial charge in [0.25, 0.3) is 0 Å². The first-order valence-electron chi connectivity index (χ1n) is 5.53. The van der Waals surface area contributed by atoms with Gasteiger partial charge in [-0.05, 0) is 20.3 Å². The normalized spacial score (nSPS) is 12.5. The average Bonchev–Trinajstić information content (AvgIpc) is 2.25. The lowest BCUT2D eigenvalue weighted by Gasteiger charge is -2.27. The lowest BCUT2D eigenvalue weighted by molar-refractivity contribution is -0.138. The maximum atomic E-state index is 11.7. The zero-order chi connectivity index (χ0) is 11.7. The van der Waals surface area contributed by atoms with Crippen molar-refractivity contribution >= 4 is 5.91 Å². The first kappa shape index (κ1) is 14.4. The van der Waals surface area contributed by atoms with E-state index in [9.17, 15) is 4.79 Å². The van der Waals surface area contributed by atoms with Gasteiger partial charge in [0.1, 0.15) is 6.61 Å². The molecule has 0 aliphatic carbocycles. The molecular weight excluding hydrogens is 194 g/mol. The van der Waals surface area contributed by atoms with Crippen LogP contribution in [0.2, 0.25) is 0 Å². The Morgan fingerprint density at radius 1 is 1.33 bits per heavy atom. The van der Waals surface area contributed by atoms with Gasteiger partial charge in [-0.1, -0.05) is 6.92 Å². The first-order chi connectivity index (χ1) is 7.17. The maximum Gasteiger partial charge on any atom is 0.248 e. The highest BCUT2D eigenvalue weighted by molar-refractivity contribution is 5.77. The van der Waals surface area contributed by atoms with Gasteiger partial charge in [0, 0.05) is 19.7 Å². The smallest absolute Gasteiger partial charge is 0.248 e. The van der Waals surface area contributed by atoms with Crippen molar-refractivity contribution in [2.24, 2.45) is 0 Å². The van der Waals surface area contributed by atoms with Crippen LogP contribution in [-0.2, 0) is 14.3 Å². The summed E-state index contributed by atoms with van der Waals surface area (Å²) in [7, 11) is 1.61. The monoisotopic (exact) mass is 217 g/mol. The summed E-state index contributed by atoms with van der Waals surface area (Å²) in [5.41, 5.74) is 0. The Morgan fingerprint density at radius 3 is 2.47 bits per heavy atom. The third-order valence-electron chi connectivity index (χ3n) is 2.44. The molecule has 0 spiro atoms. The number of ether oxygens (including phenoxy) is 2. The number of hydrogen-bond donors (Lipinski definition) is 0. The van der Waals surface area contributed by atoms with E-state index in [0.717, 1.165) is 13.0 Å². The van der Waals surface area contributed by atoms with Crippen LogP contribution in [0.4, 0.5) is 0 Å². The van der Waals surface area contributed by atoms with E-state index in [2.05, 4.69) is 13.8 Å². The minimum Gasteiger partial charge on any atom is -0.382 e. The summed E-state index contributed by atoms with van der Waals surface area (Å²) in [6, 6.07) is 0.286. The van der Waals surface area contributed by atoms with Gasteiger partial charge in [-0.15, -0.1) is 0 Å². The maximum absolute atomic E-state index is 11.7. The number of likely N-dealkylation sites (N-methyl/N-ethyl adjacent to an activating group) is 1. The molecule has 1 atom stereocenters. The molecular formula is C11H23NO3. The van der Waals surface area contributed by atoms with Crippen molar-refractivity contribution in [1.82, 2.24) is 4.90 Å². The molecule has 4 nitrogen and oxygen atoms in total. The Balaban J connectivity index is 3.83. The third-order valence-corrected chi connectivity index (χ3v) is 2.44. The van der Waals surface area contributed by atoms with Crippen LogP contribution < -0.4 is 0 Å². The molecule has 0 bridgehead atoms.